The molecule has 0 spiro atoms. The van der Waals surface area contributed by atoms with Crippen LogP contribution in [0.25, 0.3) is 0 Å². The van der Waals surface area contributed by atoms with Crippen LogP contribution in [-0.4, -0.2) is 36.9 Å². The number of carbonyl (C=O) groups is 1. The molecule has 1 amide bonds. The molecule has 0 radical (unpaired) electrons. The van der Waals surface area contributed by atoms with Gasteiger partial charge >= 0.3 is 0 Å². The third-order valence-electron chi connectivity index (χ3n) is 2.84. The fraction of sp³-hybridized carbons (Fsp3) is 0.500. The molecule has 0 aliphatic rings. The van der Waals surface area contributed by atoms with Gasteiger partial charge in [0.05, 0.1) is 11.2 Å². The molecule has 1 rings (SSSR count). The lowest BCUT2D eigenvalue weighted by Crippen LogP contribution is -2.41. The number of nitrogens with one attached hydrogen (secondary N) is 1. The number of hydrogen-bond acceptors (Lipinski definition) is 3. The maximum Gasteiger partial charge on any atom is 0.252 e. The summed E-state index contributed by atoms with van der Waals surface area (Å²) in [6, 6.07) is 5.58. The van der Waals surface area contributed by atoms with Crippen LogP contribution in [0.3, 0.4) is 0 Å². The second kappa shape index (κ2) is 7.03. The molecule has 0 heterocycles. The van der Waals surface area contributed by atoms with Gasteiger partial charge in [-0.15, -0.1) is 0 Å². The van der Waals surface area contributed by atoms with E-state index in [9.17, 15) is 9.90 Å². The number of aliphatic hydroxyl groups is 1. The van der Waals surface area contributed by atoms with Gasteiger partial charge in [-0.2, -0.15) is 0 Å². The Morgan fingerprint density at radius 2 is 2.21 bits per heavy atom. The van der Waals surface area contributed by atoms with E-state index in [1.165, 1.54) is 0 Å². The molecule has 4 nitrogen and oxygen atoms in total. The average molecular weight is 330 g/mol. The molecule has 1 aromatic carbocycles. The van der Waals surface area contributed by atoms with Crippen molar-refractivity contribution >= 4 is 21.8 Å². The zero-order valence-electron chi connectivity index (χ0n) is 11.5. The zero-order chi connectivity index (χ0) is 14.5. The number of amides is 1. The van der Waals surface area contributed by atoms with Crippen LogP contribution in [0, 0.1) is 6.92 Å². The number of methoxy groups -OCH3 is 1. The molecule has 5 heteroatoms. The van der Waals surface area contributed by atoms with E-state index >= 15 is 0 Å². The van der Waals surface area contributed by atoms with Crippen molar-refractivity contribution in [2.24, 2.45) is 0 Å². The molecule has 1 atom stereocenters. The van der Waals surface area contributed by atoms with Gasteiger partial charge in [0.15, 0.2) is 0 Å². The first kappa shape index (κ1) is 16.1. The number of rotatable bonds is 6. The van der Waals surface area contributed by atoms with Crippen LogP contribution < -0.4 is 5.32 Å². The standard InChI is InChI=1S/C14H20BrNO3/c1-10-4-5-12(15)11(8-10)13(17)16-9-14(2,18)6-7-19-3/h4-5,8,18H,6-7,9H2,1-3H3,(H,16,17). The van der Waals surface area contributed by atoms with E-state index in [2.05, 4.69) is 21.2 Å². The van der Waals surface area contributed by atoms with Crippen molar-refractivity contribution in [1.82, 2.24) is 5.32 Å². The third-order valence-corrected chi connectivity index (χ3v) is 3.53. The predicted molar refractivity (Wildman–Crippen MR) is 78.3 cm³/mol. The van der Waals surface area contributed by atoms with E-state index in [4.69, 9.17) is 4.74 Å². The normalized spacial score (nSPS) is 13.9. The minimum Gasteiger partial charge on any atom is -0.388 e. The van der Waals surface area contributed by atoms with Crippen molar-refractivity contribution in [2.75, 3.05) is 20.3 Å². The highest BCUT2D eigenvalue weighted by Gasteiger charge is 2.21. The second-order valence-corrected chi connectivity index (χ2v) is 5.76. The Kier molecular flexibility index (Phi) is 5.97. The van der Waals surface area contributed by atoms with E-state index in [1.807, 2.05) is 25.1 Å². The molecule has 0 bridgehead atoms. The lowest BCUT2D eigenvalue weighted by molar-refractivity contribution is 0.0243. The summed E-state index contributed by atoms with van der Waals surface area (Å²) in [5, 5.41) is 12.8. The summed E-state index contributed by atoms with van der Waals surface area (Å²) in [5.74, 6) is -0.201. The van der Waals surface area contributed by atoms with Crippen LogP contribution in [0.2, 0.25) is 0 Å². The van der Waals surface area contributed by atoms with Gasteiger partial charge in [-0.05, 0) is 41.9 Å². The predicted octanol–water partition coefficient (Wildman–Crippen LogP) is 2.27. The minimum atomic E-state index is -0.970. The van der Waals surface area contributed by atoms with Crippen LogP contribution >= 0.6 is 15.9 Å². The van der Waals surface area contributed by atoms with Gasteiger partial charge in [-0.3, -0.25) is 4.79 Å². The van der Waals surface area contributed by atoms with Gasteiger partial charge in [0.2, 0.25) is 0 Å². The van der Waals surface area contributed by atoms with Crippen molar-refractivity contribution in [1.29, 1.82) is 0 Å². The molecule has 0 saturated heterocycles. The summed E-state index contributed by atoms with van der Waals surface area (Å²) in [5.41, 5.74) is 0.615. The van der Waals surface area contributed by atoms with Crippen molar-refractivity contribution < 1.29 is 14.6 Å². The fourth-order valence-electron chi connectivity index (χ4n) is 1.59. The Morgan fingerprint density at radius 1 is 1.53 bits per heavy atom. The molecule has 19 heavy (non-hydrogen) atoms. The number of hydrogen-bond donors (Lipinski definition) is 2. The molecule has 0 saturated carbocycles. The number of carbonyl (C=O) groups excluding carboxylic acids is 1. The maximum atomic E-state index is 12.1. The van der Waals surface area contributed by atoms with Gasteiger partial charge < -0.3 is 15.2 Å². The highest BCUT2D eigenvalue weighted by Crippen LogP contribution is 2.18. The van der Waals surface area contributed by atoms with Crippen LogP contribution in [0.5, 0.6) is 0 Å². The summed E-state index contributed by atoms with van der Waals surface area (Å²) < 4.78 is 5.67. The molecular formula is C14H20BrNO3. The quantitative estimate of drug-likeness (QED) is 0.841. The van der Waals surface area contributed by atoms with Crippen LogP contribution in [0.4, 0.5) is 0 Å². The molecule has 2 N–H and O–H groups in total. The minimum absolute atomic E-state index is 0.190. The average Bonchev–Trinajstić information content (AvgIpc) is 2.36. The maximum absolute atomic E-state index is 12.1. The molecule has 0 aromatic heterocycles. The first-order valence-corrected chi connectivity index (χ1v) is 6.91. The highest BCUT2D eigenvalue weighted by molar-refractivity contribution is 9.10. The molecule has 0 aliphatic heterocycles. The van der Waals surface area contributed by atoms with Gasteiger partial charge in [0, 0.05) is 31.2 Å². The summed E-state index contributed by atoms with van der Waals surface area (Å²) in [6.45, 7) is 4.25. The smallest absolute Gasteiger partial charge is 0.252 e. The summed E-state index contributed by atoms with van der Waals surface area (Å²) in [4.78, 5) is 12.1. The molecular weight excluding hydrogens is 310 g/mol. The van der Waals surface area contributed by atoms with Crippen molar-refractivity contribution in [2.45, 2.75) is 25.9 Å². The fourth-order valence-corrected chi connectivity index (χ4v) is 2.02. The Hall–Kier alpha value is -0.910. The molecule has 106 valence electrons. The van der Waals surface area contributed by atoms with Gasteiger partial charge in [-0.25, -0.2) is 0 Å². The van der Waals surface area contributed by atoms with Crippen LogP contribution in [0.1, 0.15) is 29.3 Å². The summed E-state index contributed by atoms with van der Waals surface area (Å²) in [6.07, 6.45) is 0.471. The van der Waals surface area contributed by atoms with E-state index in [1.54, 1.807) is 14.0 Å². The van der Waals surface area contributed by atoms with Crippen LogP contribution in [0.15, 0.2) is 22.7 Å². The van der Waals surface area contributed by atoms with E-state index in [-0.39, 0.29) is 12.5 Å². The topological polar surface area (TPSA) is 58.6 Å². The SMILES string of the molecule is COCCC(C)(O)CNC(=O)c1cc(C)ccc1Br. The lowest BCUT2D eigenvalue weighted by Gasteiger charge is -2.23. The first-order chi connectivity index (χ1) is 8.85. The van der Waals surface area contributed by atoms with Gasteiger partial charge in [0.1, 0.15) is 0 Å². The number of ether oxygens (including phenoxy) is 1. The highest BCUT2D eigenvalue weighted by atomic mass is 79.9. The van der Waals surface area contributed by atoms with E-state index in [0.29, 0.717) is 18.6 Å². The largest absolute Gasteiger partial charge is 0.388 e. The molecule has 1 unspecified atom stereocenters. The first-order valence-electron chi connectivity index (χ1n) is 6.11. The second-order valence-electron chi connectivity index (χ2n) is 4.91. The Balaban J connectivity index is 2.62. The number of benzene rings is 1. The Labute approximate surface area is 122 Å². The molecule has 1 aromatic rings. The Bertz CT molecular complexity index is 446. The number of aryl methyl sites for hydroxylation is 1. The van der Waals surface area contributed by atoms with E-state index < -0.39 is 5.60 Å². The van der Waals surface area contributed by atoms with Crippen LogP contribution in [-0.2, 0) is 4.74 Å². The molecule has 0 aliphatic carbocycles. The van der Waals surface area contributed by atoms with Crippen molar-refractivity contribution in [3.8, 4) is 0 Å². The summed E-state index contributed by atoms with van der Waals surface area (Å²) >= 11 is 3.35. The lowest BCUT2D eigenvalue weighted by atomic mass is 10.0. The Morgan fingerprint density at radius 3 is 2.84 bits per heavy atom. The molecule has 0 fully saturated rings. The van der Waals surface area contributed by atoms with Gasteiger partial charge in [-0.1, -0.05) is 11.6 Å². The summed E-state index contributed by atoms with van der Waals surface area (Å²) in [7, 11) is 1.58. The van der Waals surface area contributed by atoms with Crippen molar-refractivity contribution in [3.05, 3.63) is 33.8 Å². The number of halogens is 1. The van der Waals surface area contributed by atoms with E-state index in [0.717, 1.165) is 10.0 Å². The monoisotopic (exact) mass is 329 g/mol. The van der Waals surface area contributed by atoms with Gasteiger partial charge in [0.25, 0.3) is 5.91 Å². The third kappa shape index (κ3) is 5.30. The van der Waals surface area contributed by atoms with Crippen molar-refractivity contribution in [3.63, 3.8) is 0 Å². The zero-order valence-corrected chi connectivity index (χ0v) is 13.1.